The lowest BCUT2D eigenvalue weighted by molar-refractivity contribution is 0.196. The van der Waals surface area contributed by atoms with Gasteiger partial charge < -0.3 is 5.32 Å². The fourth-order valence-corrected chi connectivity index (χ4v) is 6.00. The maximum Gasteiger partial charge on any atom is 0.153 e. The molecule has 2 aliphatic rings. The van der Waals surface area contributed by atoms with Gasteiger partial charge >= 0.3 is 0 Å². The van der Waals surface area contributed by atoms with Crippen molar-refractivity contribution in [3.05, 3.63) is 77.2 Å². The standard InChI is InChI=1S/C24H24FN3O2S/c1-16-7-8-18(12-21(16)24-22(25)5-3-10-26-24)27-23-6-2-4-17-13-28(11-9-20(17)23)19-14-31(29,30)15-19/h2-8,10,12,19,27H,9,11,13-15H2,1H3. The molecule has 0 saturated carbocycles. The monoisotopic (exact) mass is 437 g/mol. The first-order valence-electron chi connectivity index (χ1n) is 10.4. The molecule has 2 aromatic carbocycles. The molecule has 5 rings (SSSR count). The van der Waals surface area contributed by atoms with E-state index in [2.05, 4.69) is 27.3 Å². The van der Waals surface area contributed by atoms with Crippen molar-refractivity contribution in [2.24, 2.45) is 0 Å². The van der Waals surface area contributed by atoms with Crippen molar-refractivity contribution >= 4 is 21.2 Å². The summed E-state index contributed by atoms with van der Waals surface area (Å²) in [5, 5.41) is 3.51. The number of aryl methyl sites for hydroxylation is 1. The van der Waals surface area contributed by atoms with Crippen LogP contribution in [0.15, 0.2) is 54.7 Å². The second-order valence-electron chi connectivity index (χ2n) is 8.38. The molecule has 2 aliphatic heterocycles. The summed E-state index contributed by atoms with van der Waals surface area (Å²) in [4.78, 5) is 6.50. The van der Waals surface area contributed by atoms with Crippen LogP contribution >= 0.6 is 0 Å². The average molecular weight is 438 g/mol. The minimum Gasteiger partial charge on any atom is -0.355 e. The van der Waals surface area contributed by atoms with Gasteiger partial charge in [0, 0.05) is 42.3 Å². The first-order valence-corrected chi connectivity index (χ1v) is 12.3. The summed E-state index contributed by atoms with van der Waals surface area (Å²) in [7, 11) is -2.83. The van der Waals surface area contributed by atoms with Crippen LogP contribution in [0.2, 0.25) is 0 Å². The van der Waals surface area contributed by atoms with Crippen molar-refractivity contribution < 1.29 is 12.8 Å². The second kappa shape index (κ2) is 7.73. The number of nitrogens with one attached hydrogen (secondary N) is 1. The molecule has 160 valence electrons. The first-order chi connectivity index (χ1) is 14.9. The predicted molar refractivity (Wildman–Crippen MR) is 121 cm³/mol. The molecule has 0 amide bonds. The van der Waals surface area contributed by atoms with Crippen LogP contribution in [0.4, 0.5) is 15.8 Å². The van der Waals surface area contributed by atoms with Gasteiger partial charge in [-0.1, -0.05) is 18.2 Å². The summed E-state index contributed by atoms with van der Waals surface area (Å²) in [6.07, 6.45) is 2.47. The normalized spacial score (nSPS) is 18.3. The predicted octanol–water partition coefficient (Wildman–Crippen LogP) is 4.09. The van der Waals surface area contributed by atoms with Gasteiger partial charge in [-0.05, 0) is 60.4 Å². The van der Waals surface area contributed by atoms with E-state index in [0.717, 1.165) is 42.0 Å². The number of benzene rings is 2. The Hall–Kier alpha value is -2.77. The Balaban J connectivity index is 1.40. The third kappa shape index (κ3) is 3.95. The van der Waals surface area contributed by atoms with Gasteiger partial charge in [0.2, 0.25) is 0 Å². The molecule has 5 nitrogen and oxygen atoms in total. The van der Waals surface area contributed by atoms with Crippen LogP contribution in [0, 0.1) is 12.7 Å². The number of anilines is 2. The Morgan fingerprint density at radius 2 is 1.97 bits per heavy atom. The van der Waals surface area contributed by atoms with Crippen LogP contribution in [0.25, 0.3) is 11.3 Å². The zero-order valence-electron chi connectivity index (χ0n) is 17.3. The Kier molecular flexibility index (Phi) is 5.02. The van der Waals surface area contributed by atoms with Gasteiger partial charge in [-0.15, -0.1) is 0 Å². The lowest BCUT2D eigenvalue weighted by Crippen LogP contribution is -2.54. The van der Waals surface area contributed by atoms with Gasteiger partial charge in [-0.25, -0.2) is 12.8 Å². The summed E-state index contributed by atoms with van der Waals surface area (Å²) >= 11 is 0. The highest BCUT2D eigenvalue weighted by Crippen LogP contribution is 2.33. The Morgan fingerprint density at radius 3 is 2.74 bits per heavy atom. The number of rotatable bonds is 4. The Labute approximate surface area is 181 Å². The van der Waals surface area contributed by atoms with E-state index in [0.29, 0.717) is 5.69 Å². The molecule has 7 heteroatoms. The van der Waals surface area contributed by atoms with Gasteiger partial charge in [0.05, 0.1) is 11.5 Å². The minimum atomic E-state index is -2.83. The van der Waals surface area contributed by atoms with Crippen LogP contribution in [-0.4, -0.2) is 42.4 Å². The van der Waals surface area contributed by atoms with E-state index >= 15 is 0 Å². The van der Waals surface area contributed by atoms with Crippen molar-refractivity contribution in [1.82, 2.24) is 9.88 Å². The molecule has 0 spiro atoms. The van der Waals surface area contributed by atoms with Gasteiger partial charge in [-0.2, -0.15) is 0 Å². The molecule has 0 radical (unpaired) electrons. The molecule has 0 aliphatic carbocycles. The summed E-state index contributed by atoms with van der Waals surface area (Å²) in [6, 6.07) is 15.3. The molecule has 1 saturated heterocycles. The van der Waals surface area contributed by atoms with Crippen LogP contribution in [0.1, 0.15) is 16.7 Å². The highest BCUT2D eigenvalue weighted by molar-refractivity contribution is 7.92. The fourth-order valence-electron chi connectivity index (χ4n) is 4.50. The lowest BCUT2D eigenvalue weighted by atomic mass is 9.96. The third-order valence-corrected chi connectivity index (χ3v) is 8.02. The van der Waals surface area contributed by atoms with E-state index < -0.39 is 9.84 Å². The molecule has 0 atom stereocenters. The summed E-state index contributed by atoms with van der Waals surface area (Å²) < 4.78 is 37.4. The number of hydrogen-bond donors (Lipinski definition) is 1. The maximum absolute atomic E-state index is 14.3. The van der Waals surface area contributed by atoms with Crippen molar-refractivity contribution in [2.45, 2.75) is 25.9 Å². The largest absolute Gasteiger partial charge is 0.355 e. The van der Waals surface area contributed by atoms with Crippen LogP contribution in [-0.2, 0) is 22.8 Å². The van der Waals surface area contributed by atoms with Gasteiger partial charge in [0.1, 0.15) is 11.5 Å². The number of hydrogen-bond acceptors (Lipinski definition) is 5. The lowest BCUT2D eigenvalue weighted by Gasteiger charge is -2.40. The number of nitrogens with zero attached hydrogens (tertiary/aromatic N) is 2. The molecule has 3 heterocycles. The molecule has 1 aromatic heterocycles. The number of halogens is 1. The number of sulfone groups is 1. The van der Waals surface area contributed by atoms with Crippen molar-refractivity contribution in [1.29, 1.82) is 0 Å². The maximum atomic E-state index is 14.3. The van der Waals surface area contributed by atoms with E-state index in [-0.39, 0.29) is 23.4 Å². The van der Waals surface area contributed by atoms with E-state index in [1.54, 1.807) is 12.3 Å². The van der Waals surface area contributed by atoms with Gasteiger partial charge in [0.15, 0.2) is 9.84 Å². The molecule has 1 fully saturated rings. The summed E-state index contributed by atoms with van der Waals surface area (Å²) in [5.41, 5.74) is 6.48. The highest BCUT2D eigenvalue weighted by atomic mass is 32.2. The zero-order valence-corrected chi connectivity index (χ0v) is 18.1. The molecular formula is C24H24FN3O2S. The number of pyridine rings is 1. The Bertz CT molecular complexity index is 1250. The van der Waals surface area contributed by atoms with Crippen molar-refractivity contribution in [3.63, 3.8) is 0 Å². The fraction of sp³-hybridized carbons (Fsp3) is 0.292. The SMILES string of the molecule is Cc1ccc(Nc2cccc3c2CCN(C2CS(=O)(=O)C2)C3)cc1-c1ncccc1F. The topological polar surface area (TPSA) is 62.3 Å². The van der Waals surface area contributed by atoms with E-state index in [4.69, 9.17) is 0 Å². The summed E-state index contributed by atoms with van der Waals surface area (Å²) in [6.45, 7) is 3.57. The minimum absolute atomic E-state index is 0.141. The van der Waals surface area contributed by atoms with E-state index in [1.165, 1.54) is 17.2 Å². The average Bonchev–Trinajstić information content (AvgIpc) is 2.74. The van der Waals surface area contributed by atoms with Crippen LogP contribution < -0.4 is 5.32 Å². The highest BCUT2D eigenvalue weighted by Gasteiger charge is 2.38. The quantitative estimate of drug-likeness (QED) is 0.666. The molecule has 1 N–H and O–H groups in total. The number of aromatic nitrogens is 1. The second-order valence-corrected chi connectivity index (χ2v) is 10.5. The van der Waals surface area contributed by atoms with Crippen molar-refractivity contribution in [3.8, 4) is 11.3 Å². The zero-order chi connectivity index (χ0) is 21.6. The molecule has 3 aromatic rings. The summed E-state index contributed by atoms with van der Waals surface area (Å²) in [5.74, 6) is 0.213. The first kappa shape index (κ1) is 20.2. The number of fused-ring (bicyclic) bond motifs is 1. The van der Waals surface area contributed by atoms with E-state index in [1.807, 2.05) is 31.2 Å². The smallest absolute Gasteiger partial charge is 0.153 e. The van der Waals surface area contributed by atoms with Crippen LogP contribution in [0.5, 0.6) is 0 Å². The third-order valence-electron chi connectivity index (χ3n) is 6.23. The Morgan fingerprint density at radius 1 is 1.13 bits per heavy atom. The van der Waals surface area contributed by atoms with Gasteiger partial charge in [0.25, 0.3) is 0 Å². The van der Waals surface area contributed by atoms with Crippen LogP contribution in [0.3, 0.4) is 0 Å². The van der Waals surface area contributed by atoms with E-state index in [9.17, 15) is 12.8 Å². The molecular weight excluding hydrogens is 413 g/mol. The van der Waals surface area contributed by atoms with Crippen molar-refractivity contribution in [2.75, 3.05) is 23.4 Å². The molecule has 0 bridgehead atoms. The van der Waals surface area contributed by atoms with Gasteiger partial charge in [-0.3, -0.25) is 9.88 Å². The molecule has 0 unspecified atom stereocenters. The molecule has 31 heavy (non-hydrogen) atoms.